The van der Waals surface area contributed by atoms with Crippen molar-refractivity contribution >= 4 is 5.84 Å². The highest BCUT2D eigenvalue weighted by atomic mass is 15.0. The summed E-state index contributed by atoms with van der Waals surface area (Å²) in [7, 11) is 0. The standard InChI is InChI=1S/C16H30N2/c1-13(2)16(17-14-9-5-3-6-10-14)18-15-11-7-4-8-12-15/h13-15H,3-12H2,1-2H3,(H,17,18). The Morgan fingerprint density at radius 2 is 1.44 bits per heavy atom. The highest BCUT2D eigenvalue weighted by Crippen LogP contribution is 2.22. The Labute approximate surface area is 113 Å². The molecule has 0 amide bonds. The zero-order valence-corrected chi connectivity index (χ0v) is 12.3. The molecule has 0 unspecified atom stereocenters. The van der Waals surface area contributed by atoms with E-state index in [0.29, 0.717) is 18.0 Å². The number of hydrogen-bond donors (Lipinski definition) is 1. The Balaban J connectivity index is 1.91. The van der Waals surface area contributed by atoms with Crippen molar-refractivity contribution in [2.75, 3.05) is 0 Å². The number of hydrogen-bond acceptors (Lipinski definition) is 1. The van der Waals surface area contributed by atoms with Gasteiger partial charge in [-0.05, 0) is 25.7 Å². The fourth-order valence-electron chi connectivity index (χ4n) is 3.22. The van der Waals surface area contributed by atoms with Crippen molar-refractivity contribution in [3.63, 3.8) is 0 Å². The van der Waals surface area contributed by atoms with Crippen molar-refractivity contribution < 1.29 is 0 Å². The van der Waals surface area contributed by atoms with E-state index in [4.69, 9.17) is 4.99 Å². The van der Waals surface area contributed by atoms with Crippen LogP contribution in [0.1, 0.15) is 78.1 Å². The lowest BCUT2D eigenvalue weighted by Gasteiger charge is -2.28. The summed E-state index contributed by atoms with van der Waals surface area (Å²) in [6.45, 7) is 4.55. The van der Waals surface area contributed by atoms with Crippen LogP contribution in [-0.2, 0) is 0 Å². The number of rotatable bonds is 3. The lowest BCUT2D eigenvalue weighted by molar-refractivity contribution is 0.403. The van der Waals surface area contributed by atoms with E-state index in [1.165, 1.54) is 70.0 Å². The molecule has 0 radical (unpaired) electrons. The van der Waals surface area contributed by atoms with Crippen molar-refractivity contribution in [2.24, 2.45) is 10.9 Å². The summed E-state index contributed by atoms with van der Waals surface area (Å²) in [5.41, 5.74) is 0. The molecule has 0 heterocycles. The van der Waals surface area contributed by atoms with Gasteiger partial charge in [0.15, 0.2) is 0 Å². The molecular formula is C16H30N2. The topological polar surface area (TPSA) is 24.4 Å². The molecule has 0 aromatic heterocycles. The Bertz CT molecular complexity index is 258. The molecular weight excluding hydrogens is 220 g/mol. The molecule has 2 nitrogen and oxygen atoms in total. The largest absolute Gasteiger partial charge is 0.371 e. The van der Waals surface area contributed by atoms with Gasteiger partial charge in [0.2, 0.25) is 0 Å². The number of nitrogens with one attached hydrogen (secondary N) is 1. The summed E-state index contributed by atoms with van der Waals surface area (Å²) in [4.78, 5) is 5.03. The molecule has 0 aromatic carbocycles. The van der Waals surface area contributed by atoms with Crippen LogP contribution in [0.2, 0.25) is 0 Å². The van der Waals surface area contributed by atoms with Crippen molar-refractivity contribution in [2.45, 2.75) is 90.1 Å². The van der Waals surface area contributed by atoms with E-state index in [1.54, 1.807) is 0 Å². The molecule has 0 bridgehead atoms. The lowest BCUT2D eigenvalue weighted by Crippen LogP contribution is -2.39. The van der Waals surface area contributed by atoms with E-state index in [9.17, 15) is 0 Å². The lowest BCUT2D eigenvalue weighted by atomic mass is 9.94. The molecule has 0 atom stereocenters. The Morgan fingerprint density at radius 3 is 2.00 bits per heavy atom. The third kappa shape index (κ3) is 4.29. The normalized spacial score (nSPS) is 24.5. The predicted octanol–water partition coefficient (Wildman–Crippen LogP) is 4.30. The fraction of sp³-hybridized carbons (Fsp3) is 0.938. The Kier molecular flexibility index (Phi) is 5.52. The van der Waals surface area contributed by atoms with Gasteiger partial charge in [-0.2, -0.15) is 0 Å². The monoisotopic (exact) mass is 250 g/mol. The van der Waals surface area contributed by atoms with Gasteiger partial charge in [0, 0.05) is 12.0 Å². The van der Waals surface area contributed by atoms with Gasteiger partial charge >= 0.3 is 0 Å². The number of amidine groups is 1. The summed E-state index contributed by atoms with van der Waals surface area (Å²) in [6, 6.07) is 1.30. The maximum absolute atomic E-state index is 5.03. The first-order valence-electron chi connectivity index (χ1n) is 8.10. The molecule has 1 N–H and O–H groups in total. The van der Waals surface area contributed by atoms with Crippen LogP contribution in [0.3, 0.4) is 0 Å². The van der Waals surface area contributed by atoms with Gasteiger partial charge in [0.05, 0.1) is 11.9 Å². The molecule has 0 aliphatic heterocycles. The van der Waals surface area contributed by atoms with E-state index in [2.05, 4.69) is 19.2 Å². The first-order chi connectivity index (χ1) is 8.75. The molecule has 2 heteroatoms. The van der Waals surface area contributed by atoms with Crippen LogP contribution in [0.5, 0.6) is 0 Å². The molecule has 2 rings (SSSR count). The van der Waals surface area contributed by atoms with E-state index < -0.39 is 0 Å². The molecule has 104 valence electrons. The van der Waals surface area contributed by atoms with Crippen LogP contribution in [0.4, 0.5) is 0 Å². The van der Waals surface area contributed by atoms with Crippen LogP contribution >= 0.6 is 0 Å². The second-order valence-electron chi connectivity index (χ2n) is 6.44. The maximum Gasteiger partial charge on any atom is 0.0994 e. The van der Waals surface area contributed by atoms with Crippen LogP contribution in [-0.4, -0.2) is 17.9 Å². The van der Waals surface area contributed by atoms with Gasteiger partial charge in [0.1, 0.15) is 0 Å². The second-order valence-corrected chi connectivity index (χ2v) is 6.44. The number of aliphatic imine (C=N–C) groups is 1. The van der Waals surface area contributed by atoms with E-state index in [-0.39, 0.29) is 0 Å². The van der Waals surface area contributed by atoms with E-state index in [1.807, 2.05) is 0 Å². The van der Waals surface area contributed by atoms with Gasteiger partial charge in [-0.3, -0.25) is 4.99 Å². The van der Waals surface area contributed by atoms with Crippen molar-refractivity contribution in [1.82, 2.24) is 5.32 Å². The third-order valence-electron chi connectivity index (χ3n) is 4.40. The van der Waals surface area contributed by atoms with Crippen LogP contribution < -0.4 is 5.32 Å². The average Bonchev–Trinajstić information content (AvgIpc) is 2.40. The molecule has 2 saturated carbocycles. The molecule has 2 fully saturated rings. The molecule has 2 aliphatic carbocycles. The zero-order chi connectivity index (χ0) is 12.8. The quantitative estimate of drug-likeness (QED) is 0.586. The molecule has 0 aromatic rings. The summed E-state index contributed by atoms with van der Waals surface area (Å²) < 4.78 is 0. The summed E-state index contributed by atoms with van der Waals surface area (Å²) in [5, 5.41) is 3.75. The molecule has 0 saturated heterocycles. The predicted molar refractivity (Wildman–Crippen MR) is 79.2 cm³/mol. The van der Waals surface area contributed by atoms with Crippen LogP contribution in [0, 0.1) is 5.92 Å². The maximum atomic E-state index is 5.03. The zero-order valence-electron chi connectivity index (χ0n) is 12.3. The van der Waals surface area contributed by atoms with Gasteiger partial charge in [-0.15, -0.1) is 0 Å². The minimum atomic E-state index is 0.550. The highest BCUT2D eigenvalue weighted by Gasteiger charge is 2.18. The smallest absolute Gasteiger partial charge is 0.0994 e. The van der Waals surface area contributed by atoms with Crippen LogP contribution in [0.15, 0.2) is 4.99 Å². The van der Waals surface area contributed by atoms with Gasteiger partial charge in [-0.25, -0.2) is 0 Å². The summed E-state index contributed by atoms with van der Waals surface area (Å²) in [5.74, 6) is 1.84. The fourth-order valence-corrected chi connectivity index (χ4v) is 3.22. The number of nitrogens with zero attached hydrogens (tertiary/aromatic N) is 1. The van der Waals surface area contributed by atoms with Gasteiger partial charge < -0.3 is 5.32 Å². The third-order valence-corrected chi connectivity index (χ3v) is 4.40. The van der Waals surface area contributed by atoms with Crippen molar-refractivity contribution in [1.29, 1.82) is 0 Å². The molecule has 0 spiro atoms. The Hall–Kier alpha value is -0.530. The van der Waals surface area contributed by atoms with Gasteiger partial charge in [0.25, 0.3) is 0 Å². The summed E-state index contributed by atoms with van der Waals surface area (Å²) in [6.07, 6.45) is 13.7. The minimum absolute atomic E-state index is 0.550. The second kappa shape index (κ2) is 7.16. The summed E-state index contributed by atoms with van der Waals surface area (Å²) >= 11 is 0. The van der Waals surface area contributed by atoms with Crippen molar-refractivity contribution in [3.8, 4) is 0 Å². The van der Waals surface area contributed by atoms with Gasteiger partial charge in [-0.1, -0.05) is 52.4 Å². The first-order valence-corrected chi connectivity index (χ1v) is 8.10. The highest BCUT2D eigenvalue weighted by molar-refractivity contribution is 5.84. The SMILES string of the molecule is CC(C)C(=NC1CCCCC1)NC1CCCCC1. The minimum Gasteiger partial charge on any atom is -0.371 e. The Morgan fingerprint density at radius 1 is 0.889 bits per heavy atom. The molecule has 2 aliphatic rings. The molecule has 18 heavy (non-hydrogen) atoms. The average molecular weight is 250 g/mol. The van der Waals surface area contributed by atoms with E-state index in [0.717, 1.165) is 0 Å². The first kappa shape index (κ1) is 13.9. The van der Waals surface area contributed by atoms with Crippen molar-refractivity contribution in [3.05, 3.63) is 0 Å². The van der Waals surface area contributed by atoms with Crippen LogP contribution in [0.25, 0.3) is 0 Å². The van der Waals surface area contributed by atoms with E-state index >= 15 is 0 Å².